The summed E-state index contributed by atoms with van der Waals surface area (Å²) in [5.74, 6) is 2.73. The highest BCUT2D eigenvalue weighted by molar-refractivity contribution is 8.00. The van der Waals surface area contributed by atoms with Crippen LogP contribution in [0.5, 0.6) is 17.2 Å². The molecule has 5 rings (SSSR count). The predicted molar refractivity (Wildman–Crippen MR) is 122 cm³/mol. The molecule has 0 unspecified atom stereocenters. The monoisotopic (exact) mass is 474 g/mol. The molecular formula is C23H23ClN2O5S. The lowest BCUT2D eigenvalue weighted by Gasteiger charge is -2.44. The number of halogens is 1. The summed E-state index contributed by atoms with van der Waals surface area (Å²) in [4.78, 5) is 29.5. The van der Waals surface area contributed by atoms with Crippen molar-refractivity contribution in [3.05, 3.63) is 53.1 Å². The number of fused-ring (bicyclic) bond motifs is 1. The Morgan fingerprint density at radius 1 is 1.03 bits per heavy atom. The summed E-state index contributed by atoms with van der Waals surface area (Å²) in [6, 6.07) is 12.3. The van der Waals surface area contributed by atoms with E-state index in [0.29, 0.717) is 47.5 Å². The molecule has 0 bridgehead atoms. The van der Waals surface area contributed by atoms with Crippen molar-refractivity contribution in [3.8, 4) is 17.2 Å². The fourth-order valence-electron chi connectivity index (χ4n) is 4.40. The fraction of sp³-hybridized carbons (Fsp3) is 0.391. The molecule has 0 N–H and O–H groups in total. The van der Waals surface area contributed by atoms with Crippen LogP contribution in [0.15, 0.2) is 42.5 Å². The van der Waals surface area contributed by atoms with Gasteiger partial charge in [-0.2, -0.15) is 0 Å². The van der Waals surface area contributed by atoms with Gasteiger partial charge in [-0.15, -0.1) is 11.8 Å². The van der Waals surface area contributed by atoms with Gasteiger partial charge in [0.15, 0.2) is 18.1 Å². The van der Waals surface area contributed by atoms with Gasteiger partial charge >= 0.3 is 0 Å². The van der Waals surface area contributed by atoms with Crippen LogP contribution in [0.3, 0.4) is 0 Å². The Morgan fingerprint density at radius 3 is 2.56 bits per heavy atom. The van der Waals surface area contributed by atoms with Gasteiger partial charge in [0.2, 0.25) is 6.79 Å². The van der Waals surface area contributed by atoms with Crippen molar-refractivity contribution in [2.75, 3.05) is 38.8 Å². The van der Waals surface area contributed by atoms with Crippen LogP contribution in [0.4, 0.5) is 0 Å². The number of ether oxygens (including phenoxy) is 3. The zero-order valence-corrected chi connectivity index (χ0v) is 19.0. The number of carbonyl (C=O) groups excluding carboxylic acids is 2. The third kappa shape index (κ3) is 4.09. The summed E-state index contributed by atoms with van der Waals surface area (Å²) in [6.45, 7) is 2.07. The van der Waals surface area contributed by atoms with Crippen molar-refractivity contribution < 1.29 is 23.8 Å². The van der Waals surface area contributed by atoms with E-state index in [-0.39, 0.29) is 30.1 Å². The maximum Gasteiger partial charge on any atom is 0.261 e. The fourth-order valence-corrected chi connectivity index (χ4v) is 6.00. The summed E-state index contributed by atoms with van der Waals surface area (Å²) >= 11 is 7.71. The van der Waals surface area contributed by atoms with Gasteiger partial charge in [0.25, 0.3) is 11.8 Å². The van der Waals surface area contributed by atoms with Crippen molar-refractivity contribution >= 4 is 35.2 Å². The molecule has 3 aliphatic rings. The number of nitrogens with zero attached hydrogens (tertiary/aromatic N) is 2. The first-order valence-corrected chi connectivity index (χ1v) is 11.9. The SMILES string of the molecule is O=C(c1ccc2c(c1)OCO2)N1CCC2(CC1)SCCN2C(=O)COc1ccc(Cl)cc1. The first-order chi connectivity index (χ1) is 15.5. The Hall–Kier alpha value is -2.58. The third-order valence-corrected chi connectivity index (χ3v) is 7.91. The van der Waals surface area contributed by atoms with Crippen LogP contribution in [-0.4, -0.2) is 65.3 Å². The van der Waals surface area contributed by atoms with E-state index >= 15 is 0 Å². The minimum atomic E-state index is -0.272. The summed E-state index contributed by atoms with van der Waals surface area (Å²) in [5, 5.41) is 0.626. The highest BCUT2D eigenvalue weighted by Crippen LogP contribution is 2.44. The van der Waals surface area contributed by atoms with Gasteiger partial charge in [-0.25, -0.2) is 0 Å². The lowest BCUT2D eigenvalue weighted by Crippen LogP contribution is -2.54. The van der Waals surface area contributed by atoms with Crippen LogP contribution in [0.25, 0.3) is 0 Å². The normalized spacial score (nSPS) is 18.8. The smallest absolute Gasteiger partial charge is 0.261 e. The molecule has 3 aliphatic heterocycles. The molecular weight excluding hydrogens is 452 g/mol. The summed E-state index contributed by atoms with van der Waals surface area (Å²) in [6.07, 6.45) is 1.47. The minimum absolute atomic E-state index is 0.0101. The highest BCUT2D eigenvalue weighted by atomic mass is 35.5. The highest BCUT2D eigenvalue weighted by Gasteiger charge is 2.47. The molecule has 32 heavy (non-hydrogen) atoms. The molecule has 2 fully saturated rings. The first-order valence-electron chi connectivity index (χ1n) is 10.6. The van der Waals surface area contributed by atoms with Crippen molar-refractivity contribution in [3.63, 3.8) is 0 Å². The number of piperidine rings is 1. The Balaban J connectivity index is 1.20. The van der Waals surface area contributed by atoms with Gasteiger partial charge in [-0.05, 0) is 55.3 Å². The molecule has 0 radical (unpaired) electrons. The van der Waals surface area contributed by atoms with Crippen molar-refractivity contribution in [1.29, 1.82) is 0 Å². The van der Waals surface area contributed by atoms with Gasteiger partial charge in [0.1, 0.15) is 5.75 Å². The second-order valence-electron chi connectivity index (χ2n) is 7.94. The van der Waals surface area contributed by atoms with Crippen LogP contribution in [-0.2, 0) is 4.79 Å². The number of amides is 2. The van der Waals surface area contributed by atoms with E-state index in [2.05, 4.69) is 0 Å². The van der Waals surface area contributed by atoms with Gasteiger partial charge in [0.05, 0.1) is 4.87 Å². The standard InChI is InChI=1S/C23H23ClN2O5S/c24-17-2-4-18(5-3-17)29-14-21(27)26-11-12-32-23(26)7-9-25(10-8-23)22(28)16-1-6-19-20(13-16)31-15-30-19/h1-6,13H,7-12,14-15H2. The van der Waals surface area contributed by atoms with E-state index in [1.54, 1.807) is 42.5 Å². The molecule has 0 aliphatic carbocycles. The summed E-state index contributed by atoms with van der Waals surface area (Å²) < 4.78 is 16.4. The van der Waals surface area contributed by atoms with E-state index in [1.807, 2.05) is 21.6 Å². The topological polar surface area (TPSA) is 68.3 Å². The van der Waals surface area contributed by atoms with Crippen LogP contribution >= 0.6 is 23.4 Å². The average molecular weight is 475 g/mol. The van der Waals surface area contributed by atoms with Crippen molar-refractivity contribution in [2.24, 2.45) is 0 Å². The van der Waals surface area contributed by atoms with E-state index in [9.17, 15) is 9.59 Å². The Labute approximate surface area is 195 Å². The van der Waals surface area contributed by atoms with E-state index in [0.717, 1.165) is 18.6 Å². The molecule has 2 aromatic carbocycles. The van der Waals surface area contributed by atoms with Crippen LogP contribution < -0.4 is 14.2 Å². The molecule has 3 heterocycles. The largest absolute Gasteiger partial charge is 0.484 e. The second kappa shape index (κ2) is 8.75. The number of rotatable bonds is 4. The molecule has 2 saturated heterocycles. The first kappa shape index (κ1) is 21.3. The molecule has 168 valence electrons. The van der Waals surface area contributed by atoms with Gasteiger partial charge < -0.3 is 24.0 Å². The molecule has 2 amide bonds. The Kier molecular flexibility index (Phi) is 5.82. The number of hydrogen-bond donors (Lipinski definition) is 0. The molecule has 0 atom stereocenters. The summed E-state index contributed by atoms with van der Waals surface area (Å²) in [7, 11) is 0. The zero-order valence-electron chi connectivity index (χ0n) is 17.4. The number of hydrogen-bond acceptors (Lipinski definition) is 6. The number of thioether (sulfide) groups is 1. The van der Waals surface area contributed by atoms with Gasteiger partial charge in [0, 0.05) is 36.0 Å². The maximum atomic E-state index is 13.0. The average Bonchev–Trinajstić information content (AvgIpc) is 3.45. The van der Waals surface area contributed by atoms with Crippen LogP contribution in [0, 0.1) is 0 Å². The molecule has 9 heteroatoms. The molecule has 1 spiro atoms. The molecule has 7 nitrogen and oxygen atoms in total. The van der Waals surface area contributed by atoms with E-state index < -0.39 is 0 Å². The lowest BCUT2D eigenvalue weighted by atomic mass is 10.0. The minimum Gasteiger partial charge on any atom is -0.484 e. The van der Waals surface area contributed by atoms with Crippen LogP contribution in [0.1, 0.15) is 23.2 Å². The Bertz CT molecular complexity index is 1020. The Morgan fingerprint density at radius 2 is 1.78 bits per heavy atom. The van der Waals surface area contributed by atoms with Crippen molar-refractivity contribution in [2.45, 2.75) is 17.7 Å². The maximum absolute atomic E-state index is 13.0. The van der Waals surface area contributed by atoms with E-state index in [4.69, 9.17) is 25.8 Å². The number of likely N-dealkylation sites (tertiary alicyclic amines) is 1. The van der Waals surface area contributed by atoms with E-state index in [1.165, 1.54) is 0 Å². The quantitative estimate of drug-likeness (QED) is 0.673. The molecule has 0 aromatic heterocycles. The summed E-state index contributed by atoms with van der Waals surface area (Å²) in [5.41, 5.74) is 0.591. The predicted octanol–water partition coefficient (Wildman–Crippen LogP) is 3.66. The zero-order chi connectivity index (χ0) is 22.1. The van der Waals surface area contributed by atoms with Gasteiger partial charge in [-0.3, -0.25) is 9.59 Å². The van der Waals surface area contributed by atoms with Crippen molar-refractivity contribution in [1.82, 2.24) is 9.80 Å². The lowest BCUT2D eigenvalue weighted by molar-refractivity contribution is -0.136. The third-order valence-electron chi connectivity index (χ3n) is 6.11. The second-order valence-corrected chi connectivity index (χ2v) is 9.84. The van der Waals surface area contributed by atoms with Crippen LogP contribution in [0.2, 0.25) is 5.02 Å². The molecule has 2 aromatic rings. The molecule has 0 saturated carbocycles. The van der Waals surface area contributed by atoms with Gasteiger partial charge in [-0.1, -0.05) is 11.6 Å². The number of carbonyl (C=O) groups is 2. The number of benzene rings is 2.